The molecular weight excluding hydrogens is 306 g/mol. The zero-order valence-corrected chi connectivity index (χ0v) is 15.6. The van der Waals surface area contributed by atoms with E-state index in [0.717, 1.165) is 42.9 Å². The van der Waals surface area contributed by atoms with E-state index in [2.05, 4.69) is 36.7 Å². The molecule has 0 bridgehead atoms. The minimum atomic E-state index is 0.774. The Morgan fingerprint density at radius 2 is 1.64 bits per heavy atom. The van der Waals surface area contributed by atoms with Crippen molar-refractivity contribution in [2.24, 2.45) is 0 Å². The third-order valence-corrected chi connectivity index (χ3v) is 4.10. The average Bonchev–Trinajstić information content (AvgIpc) is 2.66. The molecule has 0 aliphatic heterocycles. The van der Waals surface area contributed by atoms with Gasteiger partial charge >= 0.3 is 0 Å². The smallest absolute Gasteiger partial charge is 0.119 e. The highest BCUT2D eigenvalue weighted by molar-refractivity contribution is 5.42. The number of hydrogen-bond acceptors (Lipinski definition) is 2. The maximum Gasteiger partial charge on any atom is 0.119 e. The third kappa shape index (κ3) is 7.44. The lowest BCUT2D eigenvalue weighted by Crippen LogP contribution is -1.95. The van der Waals surface area contributed by atoms with Gasteiger partial charge < -0.3 is 4.74 Å². The van der Waals surface area contributed by atoms with Crippen LogP contribution in [0.25, 0.3) is 0 Å². The van der Waals surface area contributed by atoms with Crippen molar-refractivity contribution in [1.82, 2.24) is 4.98 Å². The van der Waals surface area contributed by atoms with Gasteiger partial charge in [-0.2, -0.15) is 0 Å². The van der Waals surface area contributed by atoms with E-state index >= 15 is 0 Å². The number of benzene rings is 1. The van der Waals surface area contributed by atoms with Crippen molar-refractivity contribution >= 4 is 0 Å². The summed E-state index contributed by atoms with van der Waals surface area (Å²) in [4.78, 5) is 4.46. The van der Waals surface area contributed by atoms with Crippen molar-refractivity contribution < 1.29 is 4.74 Å². The predicted octanol–water partition coefficient (Wildman–Crippen LogP) is 5.78. The SMILES string of the molecule is CCCCCCc1ccc(C#Cc2ccc(OCCCC)cc2)nc1. The van der Waals surface area contributed by atoms with Crippen LogP contribution in [0.1, 0.15) is 69.2 Å². The highest BCUT2D eigenvalue weighted by atomic mass is 16.5. The van der Waals surface area contributed by atoms with Crippen LogP contribution in [0, 0.1) is 11.8 Å². The van der Waals surface area contributed by atoms with E-state index in [4.69, 9.17) is 4.74 Å². The van der Waals surface area contributed by atoms with Gasteiger partial charge in [0.2, 0.25) is 0 Å². The Morgan fingerprint density at radius 3 is 2.32 bits per heavy atom. The molecule has 2 rings (SSSR count). The van der Waals surface area contributed by atoms with Crippen LogP contribution in [0.5, 0.6) is 5.75 Å². The van der Waals surface area contributed by atoms with Crippen LogP contribution < -0.4 is 4.74 Å². The van der Waals surface area contributed by atoms with Crippen LogP contribution in [-0.2, 0) is 6.42 Å². The summed E-state index contributed by atoms with van der Waals surface area (Å²) in [6, 6.07) is 12.1. The van der Waals surface area contributed by atoms with Gasteiger partial charge in [-0.25, -0.2) is 4.98 Å². The molecule has 2 nitrogen and oxygen atoms in total. The van der Waals surface area contributed by atoms with Gasteiger partial charge in [0, 0.05) is 11.8 Å². The summed E-state index contributed by atoms with van der Waals surface area (Å²) in [5.41, 5.74) is 3.10. The first-order chi connectivity index (χ1) is 12.3. The largest absolute Gasteiger partial charge is 0.494 e. The molecule has 0 fully saturated rings. The number of rotatable bonds is 9. The van der Waals surface area contributed by atoms with Crippen molar-refractivity contribution in [3.63, 3.8) is 0 Å². The highest BCUT2D eigenvalue weighted by Crippen LogP contribution is 2.12. The number of aryl methyl sites for hydroxylation is 1. The summed E-state index contributed by atoms with van der Waals surface area (Å²) in [6.07, 6.45) is 10.4. The van der Waals surface area contributed by atoms with Gasteiger partial charge in [0.25, 0.3) is 0 Å². The Kier molecular flexibility index (Phi) is 8.63. The molecule has 0 N–H and O–H groups in total. The van der Waals surface area contributed by atoms with Crippen LogP contribution in [0.15, 0.2) is 42.6 Å². The molecule has 0 saturated heterocycles. The normalized spacial score (nSPS) is 10.2. The van der Waals surface area contributed by atoms with Crippen LogP contribution in [-0.4, -0.2) is 11.6 Å². The lowest BCUT2D eigenvalue weighted by molar-refractivity contribution is 0.309. The van der Waals surface area contributed by atoms with E-state index in [9.17, 15) is 0 Å². The Morgan fingerprint density at radius 1 is 0.840 bits per heavy atom. The van der Waals surface area contributed by atoms with E-state index in [1.807, 2.05) is 36.5 Å². The van der Waals surface area contributed by atoms with E-state index in [1.165, 1.54) is 31.2 Å². The monoisotopic (exact) mass is 335 g/mol. The molecule has 0 aliphatic rings. The maximum atomic E-state index is 5.66. The second-order valence-electron chi connectivity index (χ2n) is 6.34. The molecule has 132 valence electrons. The molecular formula is C23H29NO. The number of aromatic nitrogens is 1. The summed E-state index contributed by atoms with van der Waals surface area (Å²) in [5, 5.41) is 0. The molecule has 0 amide bonds. The third-order valence-electron chi connectivity index (χ3n) is 4.10. The molecule has 25 heavy (non-hydrogen) atoms. The molecule has 0 unspecified atom stereocenters. The van der Waals surface area contributed by atoms with Gasteiger partial charge in [0.15, 0.2) is 0 Å². The molecule has 2 heteroatoms. The fourth-order valence-electron chi connectivity index (χ4n) is 2.51. The molecule has 0 atom stereocenters. The van der Waals surface area contributed by atoms with Crippen molar-refractivity contribution in [2.75, 3.05) is 6.61 Å². The van der Waals surface area contributed by atoms with Crippen LogP contribution in [0.4, 0.5) is 0 Å². The van der Waals surface area contributed by atoms with Crippen molar-refractivity contribution in [2.45, 2.75) is 58.8 Å². The maximum absolute atomic E-state index is 5.66. The van der Waals surface area contributed by atoms with E-state index < -0.39 is 0 Å². The predicted molar refractivity (Wildman–Crippen MR) is 105 cm³/mol. The van der Waals surface area contributed by atoms with E-state index in [-0.39, 0.29) is 0 Å². The molecule has 0 aliphatic carbocycles. The lowest BCUT2D eigenvalue weighted by atomic mass is 10.1. The number of pyridine rings is 1. The number of hydrogen-bond donors (Lipinski definition) is 0. The Labute approximate surface area is 152 Å². The molecule has 2 aromatic rings. The Bertz CT molecular complexity index is 662. The first-order valence-corrected chi connectivity index (χ1v) is 9.51. The second-order valence-corrected chi connectivity index (χ2v) is 6.34. The van der Waals surface area contributed by atoms with Crippen LogP contribution in [0.3, 0.4) is 0 Å². The molecule has 1 aromatic carbocycles. The summed E-state index contributed by atoms with van der Waals surface area (Å²) in [7, 11) is 0. The zero-order chi connectivity index (χ0) is 17.7. The minimum absolute atomic E-state index is 0.774. The molecule has 1 aromatic heterocycles. The van der Waals surface area contributed by atoms with Gasteiger partial charge in [0.05, 0.1) is 6.61 Å². The van der Waals surface area contributed by atoms with Crippen LogP contribution in [0.2, 0.25) is 0 Å². The first-order valence-electron chi connectivity index (χ1n) is 9.51. The first kappa shape index (κ1) is 19.1. The fraction of sp³-hybridized carbons (Fsp3) is 0.435. The topological polar surface area (TPSA) is 22.1 Å². The van der Waals surface area contributed by atoms with E-state index in [1.54, 1.807) is 0 Å². The quantitative estimate of drug-likeness (QED) is 0.428. The molecule has 1 heterocycles. The summed E-state index contributed by atoms with van der Waals surface area (Å²) >= 11 is 0. The number of ether oxygens (including phenoxy) is 1. The van der Waals surface area contributed by atoms with Crippen molar-refractivity contribution in [1.29, 1.82) is 0 Å². The molecule has 0 radical (unpaired) electrons. The van der Waals surface area contributed by atoms with Crippen LogP contribution >= 0.6 is 0 Å². The average molecular weight is 335 g/mol. The molecule has 0 spiro atoms. The van der Waals surface area contributed by atoms with Gasteiger partial charge in [-0.1, -0.05) is 51.5 Å². The standard InChI is InChI=1S/C23H29NO/c1-3-5-7-8-9-21-11-15-22(24-19-21)14-10-20-12-16-23(17-13-20)25-18-6-4-2/h11-13,15-17,19H,3-9,18H2,1-2H3. The summed E-state index contributed by atoms with van der Waals surface area (Å²) in [5.74, 6) is 7.21. The second kappa shape index (κ2) is 11.3. The minimum Gasteiger partial charge on any atom is -0.494 e. The van der Waals surface area contributed by atoms with Gasteiger partial charge in [-0.05, 0) is 61.1 Å². The molecule has 0 saturated carbocycles. The van der Waals surface area contributed by atoms with Gasteiger partial charge in [-0.15, -0.1) is 0 Å². The lowest BCUT2D eigenvalue weighted by Gasteiger charge is -2.04. The summed E-state index contributed by atoms with van der Waals surface area (Å²) in [6.45, 7) is 5.17. The van der Waals surface area contributed by atoms with Gasteiger partial charge in [0.1, 0.15) is 11.4 Å². The summed E-state index contributed by atoms with van der Waals surface area (Å²) < 4.78 is 5.66. The number of unbranched alkanes of at least 4 members (excludes halogenated alkanes) is 4. The van der Waals surface area contributed by atoms with Crippen molar-refractivity contribution in [3.8, 4) is 17.6 Å². The van der Waals surface area contributed by atoms with Gasteiger partial charge in [-0.3, -0.25) is 0 Å². The van der Waals surface area contributed by atoms with E-state index in [0.29, 0.717) is 0 Å². The fourth-order valence-corrected chi connectivity index (χ4v) is 2.51. The van der Waals surface area contributed by atoms with Crippen molar-refractivity contribution in [3.05, 3.63) is 59.4 Å². The Hall–Kier alpha value is -2.27. The number of nitrogens with zero attached hydrogens (tertiary/aromatic N) is 1. The highest BCUT2D eigenvalue weighted by Gasteiger charge is 1.96. The Balaban J connectivity index is 1.85. The zero-order valence-electron chi connectivity index (χ0n) is 15.6.